The summed E-state index contributed by atoms with van der Waals surface area (Å²) in [4.78, 5) is 9.82. The number of nitrogens with one attached hydrogen (secondary N) is 2. The van der Waals surface area contributed by atoms with Crippen LogP contribution in [0.4, 0.5) is 4.39 Å². The maximum Gasteiger partial charge on any atom is 0.219 e. The van der Waals surface area contributed by atoms with Crippen LogP contribution in [0.15, 0.2) is 65.1 Å². The highest BCUT2D eigenvalue weighted by molar-refractivity contribution is 7.09. The summed E-state index contributed by atoms with van der Waals surface area (Å²) < 4.78 is 18.7. The van der Waals surface area contributed by atoms with E-state index < -0.39 is 0 Å². The fourth-order valence-corrected chi connectivity index (χ4v) is 3.10. The molecule has 140 valence electrons. The van der Waals surface area contributed by atoms with Gasteiger partial charge < -0.3 is 15.4 Å². The maximum atomic E-state index is 13.2. The van der Waals surface area contributed by atoms with Crippen molar-refractivity contribution in [3.8, 4) is 11.6 Å². The van der Waals surface area contributed by atoms with Crippen molar-refractivity contribution in [1.82, 2.24) is 15.6 Å². The smallest absolute Gasteiger partial charge is 0.219 e. The molecule has 0 radical (unpaired) electrons. The number of benzene rings is 1. The average Bonchev–Trinajstić information content (AvgIpc) is 3.19. The molecule has 27 heavy (non-hydrogen) atoms. The van der Waals surface area contributed by atoms with Crippen LogP contribution in [0.2, 0.25) is 0 Å². The number of aromatic nitrogens is 1. The van der Waals surface area contributed by atoms with E-state index in [1.165, 1.54) is 17.0 Å². The van der Waals surface area contributed by atoms with Crippen LogP contribution >= 0.6 is 11.3 Å². The number of hydrogen-bond acceptors (Lipinski definition) is 4. The Bertz CT molecular complexity index is 866. The van der Waals surface area contributed by atoms with E-state index in [1.54, 1.807) is 42.8 Å². The molecule has 7 heteroatoms. The highest BCUT2D eigenvalue weighted by atomic mass is 32.1. The van der Waals surface area contributed by atoms with E-state index in [1.807, 2.05) is 6.07 Å². The molecule has 0 saturated heterocycles. The molecule has 0 aliphatic heterocycles. The lowest BCUT2D eigenvalue weighted by Gasteiger charge is -2.12. The van der Waals surface area contributed by atoms with Gasteiger partial charge >= 0.3 is 0 Å². The first-order valence-electron chi connectivity index (χ1n) is 8.58. The fourth-order valence-electron chi connectivity index (χ4n) is 2.39. The van der Waals surface area contributed by atoms with Gasteiger partial charge in [0.25, 0.3) is 0 Å². The van der Waals surface area contributed by atoms with Crippen molar-refractivity contribution in [2.24, 2.45) is 4.99 Å². The molecule has 0 aliphatic carbocycles. The molecule has 0 fully saturated rings. The number of nitrogens with zero attached hydrogens (tertiary/aromatic N) is 2. The molecule has 0 saturated carbocycles. The molecule has 0 bridgehead atoms. The second-order valence-corrected chi connectivity index (χ2v) is 6.78. The average molecular weight is 384 g/mol. The molecule has 0 aliphatic rings. The van der Waals surface area contributed by atoms with Crippen LogP contribution in [-0.4, -0.2) is 24.5 Å². The molecule has 0 amide bonds. The van der Waals surface area contributed by atoms with E-state index in [0.717, 1.165) is 24.5 Å². The minimum atomic E-state index is -0.341. The summed E-state index contributed by atoms with van der Waals surface area (Å²) >= 11 is 1.75. The van der Waals surface area contributed by atoms with Gasteiger partial charge in [-0.05, 0) is 35.6 Å². The van der Waals surface area contributed by atoms with Gasteiger partial charge in [0.05, 0.1) is 0 Å². The first-order valence-corrected chi connectivity index (χ1v) is 9.46. The summed E-state index contributed by atoms with van der Waals surface area (Å²) in [6.45, 7) is 1.41. The zero-order valence-corrected chi connectivity index (χ0v) is 15.8. The predicted molar refractivity (Wildman–Crippen MR) is 107 cm³/mol. The number of guanidine groups is 1. The number of hydrogen-bond donors (Lipinski definition) is 2. The quantitative estimate of drug-likeness (QED) is 0.478. The summed E-state index contributed by atoms with van der Waals surface area (Å²) in [5, 5.41) is 8.63. The molecular weight excluding hydrogens is 363 g/mol. The lowest BCUT2D eigenvalue weighted by Crippen LogP contribution is -2.37. The van der Waals surface area contributed by atoms with Crippen LogP contribution in [0.5, 0.6) is 11.6 Å². The third kappa shape index (κ3) is 6.07. The molecule has 2 N–H and O–H groups in total. The Morgan fingerprint density at radius 1 is 1.19 bits per heavy atom. The summed E-state index contributed by atoms with van der Waals surface area (Å²) in [6.07, 6.45) is 2.69. The lowest BCUT2D eigenvalue weighted by molar-refractivity contribution is 0.457. The number of pyridine rings is 1. The Labute approximate surface area is 162 Å². The van der Waals surface area contributed by atoms with E-state index in [0.29, 0.717) is 18.2 Å². The van der Waals surface area contributed by atoms with Crippen LogP contribution in [0, 0.1) is 5.82 Å². The molecule has 3 rings (SSSR count). The van der Waals surface area contributed by atoms with Crippen LogP contribution in [0.1, 0.15) is 10.4 Å². The van der Waals surface area contributed by atoms with E-state index in [-0.39, 0.29) is 5.82 Å². The Hall–Kier alpha value is -2.93. The molecular formula is C20H21FN4OS. The van der Waals surface area contributed by atoms with Crippen LogP contribution in [-0.2, 0) is 13.0 Å². The third-order valence-electron chi connectivity index (χ3n) is 3.74. The lowest BCUT2D eigenvalue weighted by atomic mass is 10.3. The maximum absolute atomic E-state index is 13.2. The molecule has 0 atom stereocenters. The number of halogens is 1. The Kier molecular flexibility index (Phi) is 6.76. The molecule has 5 nitrogen and oxygen atoms in total. The van der Waals surface area contributed by atoms with Gasteiger partial charge in [-0.15, -0.1) is 11.3 Å². The second-order valence-electron chi connectivity index (χ2n) is 5.75. The number of thiophene rings is 1. The van der Waals surface area contributed by atoms with E-state index in [9.17, 15) is 4.39 Å². The Morgan fingerprint density at radius 2 is 2.11 bits per heavy atom. The zero-order valence-electron chi connectivity index (χ0n) is 15.0. The van der Waals surface area contributed by atoms with Crippen molar-refractivity contribution in [3.05, 3.63) is 76.4 Å². The van der Waals surface area contributed by atoms with E-state index in [4.69, 9.17) is 4.74 Å². The highest BCUT2D eigenvalue weighted by Crippen LogP contribution is 2.19. The number of aliphatic imine (C=N–C) groups is 1. The number of ether oxygens (including phenoxy) is 1. The SMILES string of the molecule is CN=C(NCCc1cccs1)NCc1ccc(Oc2cccc(F)c2)nc1. The van der Waals surface area contributed by atoms with Gasteiger partial charge in [-0.1, -0.05) is 18.2 Å². The van der Waals surface area contributed by atoms with Crippen LogP contribution in [0.3, 0.4) is 0 Å². The zero-order chi connectivity index (χ0) is 18.9. The molecule has 3 aromatic rings. The van der Waals surface area contributed by atoms with Gasteiger partial charge in [0.1, 0.15) is 11.6 Å². The normalized spacial score (nSPS) is 11.3. The fraction of sp³-hybridized carbons (Fsp3) is 0.200. The summed E-state index contributed by atoms with van der Waals surface area (Å²) in [5.74, 6) is 1.24. The van der Waals surface area contributed by atoms with Gasteiger partial charge in [-0.2, -0.15) is 0 Å². The Balaban J connectivity index is 1.45. The third-order valence-corrected chi connectivity index (χ3v) is 4.68. The summed E-state index contributed by atoms with van der Waals surface area (Å²) in [7, 11) is 1.74. The van der Waals surface area contributed by atoms with Crippen LogP contribution in [0.25, 0.3) is 0 Å². The van der Waals surface area contributed by atoms with Crippen molar-refractivity contribution < 1.29 is 9.13 Å². The molecule has 2 heterocycles. The molecule has 0 unspecified atom stereocenters. The Morgan fingerprint density at radius 3 is 2.81 bits per heavy atom. The summed E-state index contributed by atoms with van der Waals surface area (Å²) in [6, 6.07) is 13.8. The van der Waals surface area contributed by atoms with Gasteiger partial charge in [0.2, 0.25) is 5.88 Å². The summed E-state index contributed by atoms with van der Waals surface area (Å²) in [5.41, 5.74) is 0.989. The first kappa shape index (κ1) is 18.8. The van der Waals surface area contributed by atoms with Crippen molar-refractivity contribution >= 4 is 17.3 Å². The van der Waals surface area contributed by atoms with Crippen molar-refractivity contribution in [1.29, 1.82) is 0 Å². The van der Waals surface area contributed by atoms with Gasteiger partial charge in [0.15, 0.2) is 5.96 Å². The largest absolute Gasteiger partial charge is 0.439 e. The van der Waals surface area contributed by atoms with Gasteiger partial charge in [-0.25, -0.2) is 9.37 Å². The second kappa shape index (κ2) is 9.68. The standard InChI is InChI=1S/C20H21FN4OS/c1-22-20(23-10-9-18-6-3-11-27-18)25-14-15-7-8-19(24-13-15)26-17-5-2-4-16(21)12-17/h2-8,11-13H,9-10,14H2,1H3,(H2,22,23,25). The van der Waals surface area contributed by atoms with Gasteiger partial charge in [-0.3, -0.25) is 4.99 Å². The minimum absolute atomic E-state index is 0.341. The van der Waals surface area contributed by atoms with E-state index in [2.05, 4.69) is 38.1 Å². The van der Waals surface area contributed by atoms with Crippen molar-refractivity contribution in [3.63, 3.8) is 0 Å². The topological polar surface area (TPSA) is 58.5 Å². The molecule has 0 spiro atoms. The minimum Gasteiger partial charge on any atom is -0.439 e. The molecule has 2 aromatic heterocycles. The van der Waals surface area contributed by atoms with Crippen molar-refractivity contribution in [2.75, 3.05) is 13.6 Å². The monoisotopic (exact) mass is 384 g/mol. The van der Waals surface area contributed by atoms with Crippen molar-refractivity contribution in [2.45, 2.75) is 13.0 Å². The molecule has 1 aromatic carbocycles. The first-order chi connectivity index (χ1) is 13.2. The van der Waals surface area contributed by atoms with Gasteiger partial charge in [0, 0.05) is 43.3 Å². The number of rotatable bonds is 7. The van der Waals surface area contributed by atoms with Crippen LogP contribution < -0.4 is 15.4 Å². The van der Waals surface area contributed by atoms with E-state index >= 15 is 0 Å². The predicted octanol–water partition coefficient (Wildman–Crippen LogP) is 3.98. The highest BCUT2D eigenvalue weighted by Gasteiger charge is 2.03.